The zero-order valence-electron chi connectivity index (χ0n) is 17.2. The van der Waals surface area contributed by atoms with Crippen molar-refractivity contribution in [1.82, 2.24) is 0 Å². The van der Waals surface area contributed by atoms with E-state index in [1.54, 1.807) is 12.0 Å². The van der Waals surface area contributed by atoms with Crippen molar-refractivity contribution in [2.45, 2.75) is 6.17 Å². The SMILES string of the molecule is COc1ccc(N2C(=O)c3ccccc3NC2c2ccc(-c3ccccc3)cc2)cc1. The number of hydrogen-bond donors (Lipinski definition) is 1. The van der Waals surface area contributed by atoms with E-state index in [1.807, 2.05) is 66.7 Å². The van der Waals surface area contributed by atoms with Gasteiger partial charge in [-0.05, 0) is 53.1 Å². The Morgan fingerprint density at radius 1 is 0.742 bits per heavy atom. The van der Waals surface area contributed by atoms with Gasteiger partial charge in [0.2, 0.25) is 0 Å². The second-order valence-electron chi connectivity index (χ2n) is 7.45. The average molecular weight is 406 g/mol. The number of benzene rings is 4. The van der Waals surface area contributed by atoms with Crippen molar-refractivity contribution in [3.05, 3.63) is 114 Å². The first-order valence-electron chi connectivity index (χ1n) is 10.2. The van der Waals surface area contributed by atoms with Crippen molar-refractivity contribution < 1.29 is 9.53 Å². The highest BCUT2D eigenvalue weighted by molar-refractivity contribution is 6.12. The maximum atomic E-state index is 13.5. The van der Waals surface area contributed by atoms with Crippen LogP contribution in [0, 0.1) is 0 Å². The second kappa shape index (κ2) is 8.00. The van der Waals surface area contributed by atoms with Gasteiger partial charge in [0.05, 0.1) is 12.7 Å². The van der Waals surface area contributed by atoms with E-state index in [9.17, 15) is 4.79 Å². The fourth-order valence-electron chi connectivity index (χ4n) is 3.98. The van der Waals surface area contributed by atoms with Gasteiger partial charge in [-0.1, -0.05) is 66.7 Å². The van der Waals surface area contributed by atoms with E-state index in [0.29, 0.717) is 5.56 Å². The summed E-state index contributed by atoms with van der Waals surface area (Å²) < 4.78 is 5.29. The van der Waals surface area contributed by atoms with Crippen LogP contribution in [0.5, 0.6) is 5.75 Å². The van der Waals surface area contributed by atoms with Crippen molar-refractivity contribution >= 4 is 17.3 Å². The number of ether oxygens (including phenoxy) is 1. The Hall–Kier alpha value is -4.05. The average Bonchev–Trinajstić information content (AvgIpc) is 2.85. The zero-order chi connectivity index (χ0) is 21.2. The molecule has 0 fully saturated rings. The van der Waals surface area contributed by atoms with E-state index >= 15 is 0 Å². The van der Waals surface area contributed by atoms with E-state index in [2.05, 4.69) is 41.7 Å². The van der Waals surface area contributed by atoms with Crippen LogP contribution in [0.25, 0.3) is 11.1 Å². The lowest BCUT2D eigenvalue weighted by molar-refractivity contribution is 0.0975. The maximum Gasteiger partial charge on any atom is 0.262 e. The normalized spacial score (nSPS) is 15.2. The summed E-state index contributed by atoms with van der Waals surface area (Å²) in [5, 5.41) is 3.55. The van der Waals surface area contributed by atoms with Crippen LogP contribution in [-0.2, 0) is 0 Å². The number of carbonyl (C=O) groups is 1. The number of nitrogens with zero attached hydrogens (tertiary/aromatic N) is 1. The number of fused-ring (bicyclic) bond motifs is 1. The number of carbonyl (C=O) groups excluding carboxylic acids is 1. The van der Waals surface area contributed by atoms with Crippen molar-refractivity contribution in [2.24, 2.45) is 0 Å². The highest BCUT2D eigenvalue weighted by Gasteiger charge is 2.33. The molecule has 0 bridgehead atoms. The van der Waals surface area contributed by atoms with Crippen LogP contribution in [-0.4, -0.2) is 13.0 Å². The van der Waals surface area contributed by atoms with Gasteiger partial charge >= 0.3 is 0 Å². The predicted molar refractivity (Wildman–Crippen MR) is 124 cm³/mol. The van der Waals surface area contributed by atoms with Crippen molar-refractivity contribution in [2.75, 3.05) is 17.3 Å². The molecule has 5 rings (SSSR count). The van der Waals surface area contributed by atoms with Gasteiger partial charge in [-0.25, -0.2) is 0 Å². The molecular weight excluding hydrogens is 384 g/mol. The van der Waals surface area contributed by atoms with Gasteiger partial charge in [0.1, 0.15) is 11.9 Å². The summed E-state index contributed by atoms with van der Waals surface area (Å²) in [5.41, 5.74) is 5.63. The smallest absolute Gasteiger partial charge is 0.262 e. The Labute approximate surface area is 181 Å². The summed E-state index contributed by atoms with van der Waals surface area (Å²) in [7, 11) is 1.63. The lowest BCUT2D eigenvalue weighted by Crippen LogP contribution is -2.43. The van der Waals surface area contributed by atoms with Gasteiger partial charge in [-0.2, -0.15) is 0 Å². The van der Waals surface area contributed by atoms with Gasteiger partial charge in [-0.3, -0.25) is 9.69 Å². The van der Waals surface area contributed by atoms with E-state index in [4.69, 9.17) is 4.74 Å². The molecule has 0 saturated heterocycles. The van der Waals surface area contributed by atoms with Gasteiger partial charge in [0.25, 0.3) is 5.91 Å². The van der Waals surface area contributed by atoms with Gasteiger partial charge in [-0.15, -0.1) is 0 Å². The van der Waals surface area contributed by atoms with Crippen LogP contribution in [0.1, 0.15) is 22.1 Å². The third-order valence-corrected chi connectivity index (χ3v) is 5.61. The lowest BCUT2D eigenvalue weighted by atomic mass is 9.99. The van der Waals surface area contributed by atoms with Crippen LogP contribution in [0.15, 0.2) is 103 Å². The summed E-state index contributed by atoms with van der Waals surface area (Å²) >= 11 is 0. The predicted octanol–water partition coefficient (Wildman–Crippen LogP) is 6.13. The molecule has 1 unspecified atom stereocenters. The molecular formula is C27H22N2O2. The highest BCUT2D eigenvalue weighted by Crippen LogP contribution is 2.37. The monoisotopic (exact) mass is 406 g/mol. The molecule has 1 aliphatic heterocycles. The number of hydrogen-bond acceptors (Lipinski definition) is 3. The molecule has 1 N–H and O–H groups in total. The van der Waals surface area contributed by atoms with Crippen LogP contribution in [0.4, 0.5) is 11.4 Å². The first kappa shape index (κ1) is 18.9. The molecule has 4 aromatic rings. The largest absolute Gasteiger partial charge is 0.497 e. The van der Waals surface area contributed by atoms with Crippen molar-refractivity contribution in [3.8, 4) is 16.9 Å². The van der Waals surface area contributed by atoms with E-state index < -0.39 is 0 Å². The molecule has 1 aliphatic rings. The summed E-state index contributed by atoms with van der Waals surface area (Å²) in [5.74, 6) is 0.724. The molecule has 31 heavy (non-hydrogen) atoms. The molecule has 1 atom stereocenters. The number of methoxy groups -OCH3 is 1. The molecule has 0 radical (unpaired) electrons. The Morgan fingerprint density at radius 3 is 2.10 bits per heavy atom. The van der Waals surface area contributed by atoms with Gasteiger partial charge in [0, 0.05) is 11.4 Å². The molecule has 0 aliphatic carbocycles. The Morgan fingerprint density at radius 2 is 1.39 bits per heavy atom. The van der Waals surface area contributed by atoms with Gasteiger partial charge < -0.3 is 10.1 Å². The lowest BCUT2D eigenvalue weighted by Gasteiger charge is -2.38. The molecule has 4 aromatic carbocycles. The maximum absolute atomic E-state index is 13.5. The summed E-state index contributed by atoms with van der Waals surface area (Å²) in [6.07, 6.45) is -0.319. The first-order chi connectivity index (χ1) is 15.2. The minimum absolute atomic E-state index is 0.0309. The number of amides is 1. The molecule has 0 aromatic heterocycles. The number of rotatable bonds is 4. The Bertz CT molecular complexity index is 1200. The van der Waals surface area contributed by atoms with Crippen LogP contribution in [0.2, 0.25) is 0 Å². The van der Waals surface area contributed by atoms with Crippen LogP contribution in [0.3, 0.4) is 0 Å². The van der Waals surface area contributed by atoms with E-state index in [1.165, 1.54) is 5.56 Å². The topological polar surface area (TPSA) is 41.6 Å². The molecule has 4 nitrogen and oxygen atoms in total. The molecule has 152 valence electrons. The first-order valence-corrected chi connectivity index (χ1v) is 10.2. The number of para-hydroxylation sites is 1. The van der Waals surface area contributed by atoms with E-state index in [-0.39, 0.29) is 12.1 Å². The quantitative estimate of drug-likeness (QED) is 0.443. The standard InChI is InChI=1S/C27H22N2O2/c1-31-23-17-15-22(16-18-23)29-26(28-25-10-6-5-9-24(25)27(29)30)21-13-11-20(12-14-21)19-7-3-2-4-8-19/h2-18,26,28H,1H3. The van der Waals surface area contributed by atoms with Gasteiger partial charge in [0.15, 0.2) is 0 Å². The van der Waals surface area contributed by atoms with Crippen molar-refractivity contribution in [3.63, 3.8) is 0 Å². The highest BCUT2D eigenvalue weighted by atomic mass is 16.5. The molecule has 1 amide bonds. The van der Waals surface area contributed by atoms with Crippen LogP contribution >= 0.6 is 0 Å². The third kappa shape index (κ3) is 3.53. The molecule has 0 saturated carbocycles. The molecule has 1 heterocycles. The van der Waals surface area contributed by atoms with Crippen LogP contribution < -0.4 is 15.0 Å². The molecule has 0 spiro atoms. The fourth-order valence-corrected chi connectivity index (χ4v) is 3.98. The number of anilines is 2. The molecule has 4 heteroatoms. The minimum atomic E-state index is -0.319. The Kier molecular flexibility index (Phi) is 4.89. The summed E-state index contributed by atoms with van der Waals surface area (Å²) in [4.78, 5) is 15.3. The Balaban J connectivity index is 1.56. The minimum Gasteiger partial charge on any atom is -0.497 e. The third-order valence-electron chi connectivity index (χ3n) is 5.61. The van der Waals surface area contributed by atoms with Crippen molar-refractivity contribution in [1.29, 1.82) is 0 Å². The number of nitrogens with one attached hydrogen (secondary N) is 1. The summed E-state index contributed by atoms with van der Waals surface area (Å²) in [6, 6.07) is 33.8. The summed E-state index contributed by atoms with van der Waals surface area (Å²) in [6.45, 7) is 0. The second-order valence-corrected chi connectivity index (χ2v) is 7.45. The fraction of sp³-hybridized carbons (Fsp3) is 0.0741. The zero-order valence-corrected chi connectivity index (χ0v) is 17.2. The van der Waals surface area contributed by atoms with E-state index in [0.717, 1.165) is 28.3 Å².